The standard InChI is InChI=1S/C16H27N3O2S2.HI/c1-17-16(18-11-4-5-13-22-2)19-12-10-14-6-8-15(9-7-14)23(3,20)21;/h6-9H,4-5,10-13H2,1-3H3,(H2,17,18,19);1H. The fraction of sp³-hybridized carbons (Fsp3) is 0.562. The molecule has 0 atom stereocenters. The van der Waals surface area contributed by atoms with Crippen molar-refractivity contribution in [1.29, 1.82) is 0 Å². The van der Waals surface area contributed by atoms with Gasteiger partial charge in [0.05, 0.1) is 4.90 Å². The number of benzene rings is 1. The van der Waals surface area contributed by atoms with Crippen LogP contribution in [0.2, 0.25) is 0 Å². The second kappa shape index (κ2) is 12.8. The summed E-state index contributed by atoms with van der Waals surface area (Å²) in [5.74, 6) is 2.00. The Labute approximate surface area is 167 Å². The number of hydrogen-bond donors (Lipinski definition) is 2. The average Bonchev–Trinajstić information content (AvgIpc) is 2.52. The van der Waals surface area contributed by atoms with Gasteiger partial charge in [0.25, 0.3) is 0 Å². The second-order valence-corrected chi connectivity index (χ2v) is 8.29. The molecule has 0 aliphatic rings. The number of thioether (sulfide) groups is 1. The number of unbranched alkanes of at least 4 members (excludes halogenated alkanes) is 1. The van der Waals surface area contributed by atoms with Crippen LogP contribution in [0, 0.1) is 0 Å². The van der Waals surface area contributed by atoms with Crippen molar-refractivity contribution >= 4 is 51.5 Å². The normalized spacial score (nSPS) is 11.7. The van der Waals surface area contributed by atoms with Crippen molar-refractivity contribution in [3.63, 3.8) is 0 Å². The minimum atomic E-state index is -3.12. The maximum Gasteiger partial charge on any atom is 0.190 e. The van der Waals surface area contributed by atoms with Gasteiger partial charge in [-0.25, -0.2) is 8.42 Å². The van der Waals surface area contributed by atoms with E-state index in [2.05, 4.69) is 21.9 Å². The summed E-state index contributed by atoms with van der Waals surface area (Å²) in [5, 5.41) is 6.56. The molecule has 0 amide bonds. The number of guanidine groups is 1. The number of nitrogens with one attached hydrogen (secondary N) is 2. The van der Waals surface area contributed by atoms with E-state index < -0.39 is 9.84 Å². The van der Waals surface area contributed by atoms with Gasteiger partial charge in [0.2, 0.25) is 0 Å². The minimum Gasteiger partial charge on any atom is -0.356 e. The summed E-state index contributed by atoms with van der Waals surface area (Å²) in [5.41, 5.74) is 1.10. The van der Waals surface area contributed by atoms with Crippen molar-refractivity contribution in [3.8, 4) is 0 Å². The molecule has 0 bridgehead atoms. The van der Waals surface area contributed by atoms with Crippen molar-refractivity contribution in [3.05, 3.63) is 29.8 Å². The molecule has 0 unspecified atom stereocenters. The van der Waals surface area contributed by atoms with Gasteiger partial charge >= 0.3 is 0 Å². The third-order valence-electron chi connectivity index (χ3n) is 3.35. The van der Waals surface area contributed by atoms with Gasteiger partial charge in [-0.15, -0.1) is 24.0 Å². The molecule has 0 radical (unpaired) electrons. The van der Waals surface area contributed by atoms with E-state index in [-0.39, 0.29) is 24.0 Å². The molecule has 5 nitrogen and oxygen atoms in total. The monoisotopic (exact) mass is 485 g/mol. The smallest absolute Gasteiger partial charge is 0.190 e. The maximum atomic E-state index is 11.4. The Kier molecular flexibility index (Phi) is 12.6. The highest BCUT2D eigenvalue weighted by atomic mass is 127. The molecule has 8 heteroatoms. The molecule has 1 rings (SSSR count). The van der Waals surface area contributed by atoms with Gasteiger partial charge in [-0.1, -0.05) is 12.1 Å². The first-order chi connectivity index (χ1) is 11.0. The Balaban J connectivity index is 0.00000529. The Bertz CT molecular complexity index is 590. The van der Waals surface area contributed by atoms with E-state index >= 15 is 0 Å². The predicted octanol–water partition coefficient (Wildman–Crippen LogP) is 2.56. The molecule has 2 N–H and O–H groups in total. The number of rotatable bonds is 9. The van der Waals surface area contributed by atoms with Gasteiger partial charge in [0.15, 0.2) is 15.8 Å². The van der Waals surface area contributed by atoms with Crippen LogP contribution in [-0.2, 0) is 16.3 Å². The van der Waals surface area contributed by atoms with Crippen molar-refractivity contribution in [2.75, 3.05) is 38.4 Å². The summed E-state index contributed by atoms with van der Waals surface area (Å²) < 4.78 is 22.8. The highest BCUT2D eigenvalue weighted by molar-refractivity contribution is 14.0. The van der Waals surface area contributed by atoms with Gasteiger partial charge < -0.3 is 10.6 Å². The van der Waals surface area contributed by atoms with Gasteiger partial charge in [-0.3, -0.25) is 4.99 Å². The second-order valence-electron chi connectivity index (χ2n) is 5.29. The first-order valence-electron chi connectivity index (χ1n) is 7.70. The zero-order valence-corrected chi connectivity index (χ0v) is 18.5. The predicted molar refractivity (Wildman–Crippen MR) is 116 cm³/mol. The lowest BCUT2D eigenvalue weighted by molar-refractivity contribution is 0.602. The molecule has 0 aliphatic carbocycles. The van der Waals surface area contributed by atoms with Crippen LogP contribution in [0.4, 0.5) is 0 Å². The molecular formula is C16H28IN3O2S2. The van der Waals surface area contributed by atoms with Crippen LogP contribution in [0.15, 0.2) is 34.2 Å². The highest BCUT2D eigenvalue weighted by Gasteiger charge is 2.06. The molecule has 0 spiro atoms. The summed E-state index contributed by atoms with van der Waals surface area (Å²) in [6.07, 6.45) is 6.50. The van der Waals surface area contributed by atoms with Gasteiger partial charge in [-0.05, 0) is 49.0 Å². The Morgan fingerprint density at radius 2 is 1.75 bits per heavy atom. The third-order valence-corrected chi connectivity index (χ3v) is 5.17. The molecule has 1 aromatic carbocycles. The largest absolute Gasteiger partial charge is 0.356 e. The third kappa shape index (κ3) is 9.73. The molecule has 0 fully saturated rings. The molecule has 0 aromatic heterocycles. The first kappa shape index (κ1) is 23.5. The summed E-state index contributed by atoms with van der Waals surface area (Å²) in [6, 6.07) is 7.03. The van der Waals surface area contributed by atoms with Crippen LogP contribution in [-0.4, -0.2) is 52.8 Å². The van der Waals surface area contributed by atoms with E-state index in [9.17, 15) is 8.42 Å². The summed E-state index contributed by atoms with van der Waals surface area (Å²) in [7, 11) is -1.36. The Hall–Kier alpha value is -0.480. The van der Waals surface area contributed by atoms with Gasteiger partial charge in [-0.2, -0.15) is 11.8 Å². The van der Waals surface area contributed by atoms with Crippen molar-refractivity contribution < 1.29 is 8.42 Å². The lowest BCUT2D eigenvalue weighted by Crippen LogP contribution is -2.38. The van der Waals surface area contributed by atoms with Crippen molar-refractivity contribution in [1.82, 2.24) is 10.6 Å². The zero-order chi connectivity index (χ0) is 17.1. The number of nitrogens with zero attached hydrogens (tertiary/aromatic N) is 1. The molecular weight excluding hydrogens is 457 g/mol. The average molecular weight is 485 g/mol. The molecule has 138 valence electrons. The quantitative estimate of drug-likeness (QED) is 0.244. The molecule has 0 saturated carbocycles. The fourth-order valence-corrected chi connectivity index (χ4v) is 3.15. The lowest BCUT2D eigenvalue weighted by Gasteiger charge is -2.12. The summed E-state index contributed by atoms with van der Waals surface area (Å²) in [4.78, 5) is 4.55. The topological polar surface area (TPSA) is 70.6 Å². The lowest BCUT2D eigenvalue weighted by atomic mass is 10.1. The van der Waals surface area contributed by atoms with Crippen molar-refractivity contribution in [2.45, 2.75) is 24.2 Å². The SMILES string of the molecule is CN=C(NCCCCSC)NCCc1ccc(S(C)(=O)=O)cc1.I. The van der Waals surface area contributed by atoms with Gasteiger partial charge in [0, 0.05) is 26.4 Å². The number of aliphatic imine (C=N–C) groups is 1. The zero-order valence-electron chi connectivity index (χ0n) is 14.5. The van der Waals surface area contributed by atoms with Crippen LogP contribution >= 0.6 is 35.7 Å². The van der Waals surface area contributed by atoms with E-state index in [1.165, 1.54) is 18.4 Å². The number of hydrogen-bond acceptors (Lipinski definition) is 4. The maximum absolute atomic E-state index is 11.4. The number of halogens is 1. The van der Waals surface area contributed by atoms with E-state index in [4.69, 9.17) is 0 Å². The fourth-order valence-electron chi connectivity index (χ4n) is 2.03. The summed E-state index contributed by atoms with van der Waals surface area (Å²) >= 11 is 1.87. The van der Waals surface area contributed by atoms with E-state index in [1.807, 2.05) is 23.9 Å². The molecule has 0 aliphatic heterocycles. The Morgan fingerprint density at radius 1 is 1.12 bits per heavy atom. The first-order valence-corrected chi connectivity index (χ1v) is 11.0. The van der Waals surface area contributed by atoms with Crippen LogP contribution in [0.5, 0.6) is 0 Å². The van der Waals surface area contributed by atoms with Crippen LogP contribution in [0.3, 0.4) is 0 Å². The summed E-state index contributed by atoms with van der Waals surface area (Å²) in [6.45, 7) is 1.67. The van der Waals surface area contributed by atoms with E-state index in [1.54, 1.807) is 19.2 Å². The number of sulfone groups is 1. The van der Waals surface area contributed by atoms with Crippen LogP contribution < -0.4 is 10.6 Å². The van der Waals surface area contributed by atoms with Crippen molar-refractivity contribution in [2.24, 2.45) is 4.99 Å². The molecule has 1 aromatic rings. The van der Waals surface area contributed by atoms with Gasteiger partial charge in [0.1, 0.15) is 0 Å². The Morgan fingerprint density at radius 3 is 2.29 bits per heavy atom. The van der Waals surface area contributed by atoms with E-state index in [0.717, 1.165) is 37.5 Å². The van der Waals surface area contributed by atoms with Crippen LogP contribution in [0.25, 0.3) is 0 Å². The molecule has 0 heterocycles. The minimum absolute atomic E-state index is 0. The molecule has 0 saturated heterocycles. The molecule has 24 heavy (non-hydrogen) atoms. The van der Waals surface area contributed by atoms with E-state index in [0.29, 0.717) is 4.90 Å². The highest BCUT2D eigenvalue weighted by Crippen LogP contribution is 2.10. The van der Waals surface area contributed by atoms with Crippen LogP contribution in [0.1, 0.15) is 18.4 Å².